The van der Waals surface area contributed by atoms with Crippen LogP contribution < -0.4 is 5.32 Å². The lowest BCUT2D eigenvalue weighted by Gasteiger charge is -2.18. The summed E-state index contributed by atoms with van der Waals surface area (Å²) in [6.45, 7) is 7.23. The Morgan fingerprint density at radius 3 is 1.93 bits per heavy atom. The van der Waals surface area contributed by atoms with Gasteiger partial charge >= 0.3 is 0 Å². The fourth-order valence-electron chi connectivity index (χ4n) is 0.948. The van der Waals surface area contributed by atoms with Crippen molar-refractivity contribution in [1.29, 1.82) is 0 Å². The Morgan fingerprint density at radius 1 is 1.14 bits per heavy atom. The maximum absolute atomic E-state index is 11.6. The summed E-state index contributed by atoms with van der Waals surface area (Å²) in [6, 6.07) is -0.451. The zero-order valence-electron chi connectivity index (χ0n) is 9.20. The zero-order valence-corrected chi connectivity index (χ0v) is 10.1. The second-order valence-electron chi connectivity index (χ2n) is 3.96. The van der Waals surface area contributed by atoms with Gasteiger partial charge in [0, 0.05) is 17.6 Å². The minimum atomic E-state index is -0.451. The summed E-state index contributed by atoms with van der Waals surface area (Å²) in [6.07, 6.45) is 0. The molecule has 0 aromatic rings. The maximum atomic E-state index is 11.6. The van der Waals surface area contributed by atoms with E-state index in [1.165, 1.54) is 0 Å². The molecule has 3 nitrogen and oxygen atoms in total. The predicted octanol–water partition coefficient (Wildman–Crippen LogP) is 1.28. The average Bonchev–Trinajstić information content (AvgIpc) is 2.12. The standard InChI is InChI=1S/C10H19NO2S/c1-6(2)9(12)8(5-14)11-10(13)7(3)4/h6-8,14H,5H2,1-4H3,(H,11,13). The van der Waals surface area contributed by atoms with Crippen LogP contribution in [0.25, 0.3) is 0 Å². The van der Waals surface area contributed by atoms with Crippen molar-refractivity contribution in [3.63, 3.8) is 0 Å². The summed E-state index contributed by atoms with van der Waals surface area (Å²) in [5.74, 6) is 0.124. The molecular formula is C10H19NO2S. The molecule has 1 unspecified atom stereocenters. The van der Waals surface area contributed by atoms with Crippen molar-refractivity contribution < 1.29 is 9.59 Å². The number of carbonyl (C=O) groups excluding carboxylic acids is 2. The van der Waals surface area contributed by atoms with Crippen LogP contribution in [0.5, 0.6) is 0 Å². The largest absolute Gasteiger partial charge is 0.345 e. The van der Waals surface area contributed by atoms with Crippen LogP contribution in [0.1, 0.15) is 27.7 Å². The highest BCUT2D eigenvalue weighted by Gasteiger charge is 2.22. The number of rotatable bonds is 5. The molecule has 0 bridgehead atoms. The summed E-state index contributed by atoms with van der Waals surface area (Å²) in [5.41, 5.74) is 0. The molecule has 0 saturated carbocycles. The lowest BCUT2D eigenvalue weighted by molar-refractivity contribution is -0.130. The predicted molar refractivity (Wildman–Crippen MR) is 60.5 cm³/mol. The third-order valence-electron chi connectivity index (χ3n) is 1.94. The summed E-state index contributed by atoms with van der Waals surface area (Å²) in [7, 11) is 0. The van der Waals surface area contributed by atoms with Gasteiger partial charge in [-0.15, -0.1) is 0 Å². The summed E-state index contributed by atoms with van der Waals surface area (Å²) in [4.78, 5) is 22.9. The molecule has 0 fully saturated rings. The molecule has 0 radical (unpaired) electrons. The lowest BCUT2D eigenvalue weighted by Crippen LogP contribution is -2.45. The second-order valence-corrected chi connectivity index (χ2v) is 4.32. The van der Waals surface area contributed by atoms with Crippen molar-refractivity contribution in [3.8, 4) is 0 Å². The number of carbonyl (C=O) groups is 2. The molecule has 82 valence electrons. The molecule has 1 amide bonds. The van der Waals surface area contributed by atoms with Crippen molar-refractivity contribution >= 4 is 24.3 Å². The Bertz CT molecular complexity index is 214. The van der Waals surface area contributed by atoms with Crippen LogP contribution in [0.3, 0.4) is 0 Å². The molecule has 0 heterocycles. The van der Waals surface area contributed by atoms with E-state index in [1.54, 1.807) is 13.8 Å². The van der Waals surface area contributed by atoms with E-state index < -0.39 is 6.04 Å². The van der Waals surface area contributed by atoms with Crippen LogP contribution in [0.4, 0.5) is 0 Å². The highest BCUT2D eigenvalue weighted by molar-refractivity contribution is 7.80. The maximum Gasteiger partial charge on any atom is 0.223 e. The first-order valence-corrected chi connectivity index (χ1v) is 5.48. The highest BCUT2D eigenvalue weighted by atomic mass is 32.1. The lowest BCUT2D eigenvalue weighted by atomic mass is 10.0. The van der Waals surface area contributed by atoms with Crippen LogP contribution >= 0.6 is 12.6 Å². The summed E-state index contributed by atoms with van der Waals surface area (Å²) in [5, 5.41) is 2.68. The smallest absolute Gasteiger partial charge is 0.223 e. The van der Waals surface area contributed by atoms with Crippen LogP contribution in [0, 0.1) is 11.8 Å². The molecule has 0 aromatic carbocycles. The molecule has 0 rings (SSSR count). The average molecular weight is 217 g/mol. The van der Waals surface area contributed by atoms with Crippen molar-refractivity contribution in [1.82, 2.24) is 5.32 Å². The van der Waals surface area contributed by atoms with Gasteiger partial charge in [-0.2, -0.15) is 12.6 Å². The van der Waals surface area contributed by atoms with Gasteiger partial charge < -0.3 is 5.32 Å². The summed E-state index contributed by atoms with van der Waals surface area (Å²) >= 11 is 4.06. The van der Waals surface area contributed by atoms with Gasteiger partial charge in [0.25, 0.3) is 0 Å². The van der Waals surface area contributed by atoms with E-state index in [2.05, 4.69) is 17.9 Å². The first kappa shape index (κ1) is 13.5. The van der Waals surface area contributed by atoms with Gasteiger partial charge in [0.15, 0.2) is 5.78 Å². The van der Waals surface area contributed by atoms with E-state index in [0.717, 1.165) is 0 Å². The van der Waals surface area contributed by atoms with Crippen LogP contribution in [-0.2, 0) is 9.59 Å². The third kappa shape index (κ3) is 4.13. The topological polar surface area (TPSA) is 46.2 Å². The molecule has 14 heavy (non-hydrogen) atoms. The van der Waals surface area contributed by atoms with E-state index in [9.17, 15) is 9.59 Å². The first-order valence-electron chi connectivity index (χ1n) is 4.85. The van der Waals surface area contributed by atoms with Crippen molar-refractivity contribution in [3.05, 3.63) is 0 Å². The van der Waals surface area contributed by atoms with E-state index in [-0.39, 0.29) is 23.5 Å². The monoisotopic (exact) mass is 217 g/mol. The number of hydrogen-bond acceptors (Lipinski definition) is 3. The Labute approximate surface area is 91.1 Å². The number of nitrogens with one attached hydrogen (secondary N) is 1. The van der Waals surface area contributed by atoms with Crippen LogP contribution in [0.15, 0.2) is 0 Å². The molecule has 0 saturated heterocycles. The van der Waals surface area contributed by atoms with E-state index in [1.807, 2.05) is 13.8 Å². The van der Waals surface area contributed by atoms with Gasteiger partial charge in [-0.25, -0.2) is 0 Å². The van der Waals surface area contributed by atoms with Gasteiger partial charge in [-0.1, -0.05) is 27.7 Å². The van der Waals surface area contributed by atoms with Crippen LogP contribution in [0.2, 0.25) is 0 Å². The first-order chi connectivity index (χ1) is 6.40. The Balaban J connectivity index is 4.30. The molecule has 0 aliphatic heterocycles. The molecule has 1 atom stereocenters. The quantitative estimate of drug-likeness (QED) is 0.682. The van der Waals surface area contributed by atoms with Crippen molar-refractivity contribution in [2.75, 3.05) is 5.75 Å². The minimum absolute atomic E-state index is 0.0361. The van der Waals surface area contributed by atoms with Gasteiger partial charge in [0.1, 0.15) is 0 Å². The van der Waals surface area contributed by atoms with Crippen LogP contribution in [-0.4, -0.2) is 23.5 Å². The number of hydrogen-bond donors (Lipinski definition) is 2. The second kappa shape index (κ2) is 6.06. The molecule has 0 aliphatic rings. The van der Waals surface area contributed by atoms with Gasteiger partial charge in [0.2, 0.25) is 5.91 Å². The highest BCUT2D eigenvalue weighted by Crippen LogP contribution is 2.03. The van der Waals surface area contributed by atoms with E-state index in [0.29, 0.717) is 5.75 Å². The van der Waals surface area contributed by atoms with E-state index >= 15 is 0 Å². The van der Waals surface area contributed by atoms with Gasteiger partial charge in [-0.3, -0.25) is 9.59 Å². The number of amides is 1. The SMILES string of the molecule is CC(C)C(=O)NC(CS)C(=O)C(C)C. The fraction of sp³-hybridized carbons (Fsp3) is 0.800. The van der Waals surface area contributed by atoms with Crippen molar-refractivity contribution in [2.45, 2.75) is 33.7 Å². The fourth-order valence-corrected chi connectivity index (χ4v) is 1.22. The Morgan fingerprint density at radius 2 is 1.64 bits per heavy atom. The molecule has 0 aliphatic carbocycles. The normalized spacial score (nSPS) is 13.1. The third-order valence-corrected chi connectivity index (χ3v) is 2.30. The number of ketones is 1. The van der Waals surface area contributed by atoms with Crippen molar-refractivity contribution in [2.24, 2.45) is 11.8 Å². The summed E-state index contributed by atoms with van der Waals surface area (Å²) < 4.78 is 0. The Kier molecular flexibility index (Phi) is 5.84. The Hall–Kier alpha value is -0.510. The van der Waals surface area contributed by atoms with Gasteiger partial charge in [0.05, 0.1) is 6.04 Å². The van der Waals surface area contributed by atoms with Gasteiger partial charge in [-0.05, 0) is 0 Å². The minimum Gasteiger partial charge on any atom is -0.345 e. The van der Waals surface area contributed by atoms with E-state index in [4.69, 9.17) is 0 Å². The molecule has 4 heteroatoms. The molecule has 0 aromatic heterocycles. The molecule has 1 N–H and O–H groups in total. The molecular weight excluding hydrogens is 198 g/mol. The zero-order chi connectivity index (χ0) is 11.3. The number of Topliss-reactive ketones (excluding diaryl/α,β-unsaturated/α-hetero) is 1. The molecule has 0 spiro atoms. The number of thiol groups is 1.